The SMILES string of the molecule is CCOC(=O)Cc1cc(OC(F)(F)F)c(=O)[nH]c1C(F)F. The molecule has 1 aromatic heterocycles. The van der Waals surface area contributed by atoms with Crippen LogP contribution >= 0.6 is 0 Å². The van der Waals surface area contributed by atoms with Crippen molar-refractivity contribution in [3.8, 4) is 5.75 Å². The Bertz CT molecular complexity index is 567. The lowest BCUT2D eigenvalue weighted by atomic mass is 10.1. The van der Waals surface area contributed by atoms with Crippen LogP contribution in [-0.4, -0.2) is 23.9 Å². The highest BCUT2D eigenvalue weighted by atomic mass is 19.4. The fraction of sp³-hybridized carbons (Fsp3) is 0.455. The van der Waals surface area contributed by atoms with Crippen LogP contribution in [0.5, 0.6) is 5.75 Å². The lowest BCUT2D eigenvalue weighted by molar-refractivity contribution is -0.275. The van der Waals surface area contributed by atoms with E-state index in [-0.39, 0.29) is 6.61 Å². The molecular formula is C11H10F5NO4. The number of aromatic amines is 1. The molecule has 0 spiro atoms. The maximum Gasteiger partial charge on any atom is 0.573 e. The quantitative estimate of drug-likeness (QED) is 0.669. The van der Waals surface area contributed by atoms with Crippen LogP contribution in [0.15, 0.2) is 10.9 Å². The van der Waals surface area contributed by atoms with Gasteiger partial charge in [-0.25, -0.2) is 8.78 Å². The number of ether oxygens (including phenoxy) is 2. The third kappa shape index (κ3) is 5.04. The van der Waals surface area contributed by atoms with Crippen molar-refractivity contribution in [2.75, 3.05) is 6.61 Å². The minimum Gasteiger partial charge on any atom is -0.466 e. The van der Waals surface area contributed by atoms with Crippen molar-refractivity contribution in [1.82, 2.24) is 4.98 Å². The summed E-state index contributed by atoms with van der Waals surface area (Å²) >= 11 is 0. The first-order chi connectivity index (χ1) is 9.64. The average Bonchev–Trinajstić information content (AvgIpc) is 2.31. The summed E-state index contributed by atoms with van der Waals surface area (Å²) in [4.78, 5) is 24.1. The van der Waals surface area contributed by atoms with Gasteiger partial charge < -0.3 is 14.5 Å². The molecule has 0 amide bonds. The smallest absolute Gasteiger partial charge is 0.466 e. The van der Waals surface area contributed by atoms with Gasteiger partial charge in [0.1, 0.15) is 0 Å². The highest BCUT2D eigenvalue weighted by Gasteiger charge is 2.33. The van der Waals surface area contributed by atoms with Crippen molar-refractivity contribution in [3.05, 3.63) is 27.7 Å². The van der Waals surface area contributed by atoms with Gasteiger partial charge in [0.15, 0.2) is 5.75 Å². The van der Waals surface area contributed by atoms with Crippen molar-refractivity contribution in [3.63, 3.8) is 0 Å². The lowest BCUT2D eigenvalue weighted by Gasteiger charge is -2.12. The average molecular weight is 315 g/mol. The maximum atomic E-state index is 12.7. The first kappa shape index (κ1) is 16.9. The number of alkyl halides is 5. The number of aromatic nitrogens is 1. The zero-order valence-electron chi connectivity index (χ0n) is 10.6. The second-order valence-corrected chi connectivity index (χ2v) is 3.73. The minimum absolute atomic E-state index is 0.0297. The summed E-state index contributed by atoms with van der Waals surface area (Å²) in [5.74, 6) is -2.16. The van der Waals surface area contributed by atoms with E-state index >= 15 is 0 Å². The van der Waals surface area contributed by atoms with E-state index in [1.165, 1.54) is 6.92 Å². The van der Waals surface area contributed by atoms with Gasteiger partial charge in [-0.2, -0.15) is 0 Å². The number of H-pyrrole nitrogens is 1. The van der Waals surface area contributed by atoms with Gasteiger partial charge in [-0.3, -0.25) is 9.59 Å². The Morgan fingerprint density at radius 1 is 1.38 bits per heavy atom. The summed E-state index contributed by atoms with van der Waals surface area (Å²) in [5.41, 5.74) is -2.94. The summed E-state index contributed by atoms with van der Waals surface area (Å²) in [6.45, 7) is 1.44. The molecule has 5 nitrogen and oxygen atoms in total. The second kappa shape index (κ2) is 6.55. The predicted octanol–water partition coefficient (Wildman–Crippen LogP) is 2.32. The van der Waals surface area contributed by atoms with Crippen LogP contribution in [0.2, 0.25) is 0 Å². The molecule has 0 fully saturated rings. The van der Waals surface area contributed by atoms with Crippen LogP contribution in [0.25, 0.3) is 0 Å². The number of esters is 1. The number of pyridine rings is 1. The minimum atomic E-state index is -5.17. The van der Waals surface area contributed by atoms with E-state index in [0.29, 0.717) is 6.07 Å². The van der Waals surface area contributed by atoms with Crippen LogP contribution in [-0.2, 0) is 16.0 Å². The molecule has 0 atom stereocenters. The van der Waals surface area contributed by atoms with Gasteiger partial charge in [0, 0.05) is 0 Å². The molecule has 0 aliphatic rings. The topological polar surface area (TPSA) is 68.4 Å². The van der Waals surface area contributed by atoms with Gasteiger partial charge >= 0.3 is 12.3 Å². The van der Waals surface area contributed by atoms with E-state index in [2.05, 4.69) is 9.47 Å². The number of carbonyl (C=O) groups is 1. The maximum absolute atomic E-state index is 12.7. The summed E-state index contributed by atoms with van der Waals surface area (Å²) in [5, 5.41) is 0. The van der Waals surface area contributed by atoms with Gasteiger partial charge in [0.25, 0.3) is 12.0 Å². The van der Waals surface area contributed by atoms with Crippen molar-refractivity contribution in [2.24, 2.45) is 0 Å². The third-order valence-electron chi connectivity index (χ3n) is 2.21. The van der Waals surface area contributed by atoms with Gasteiger partial charge in [-0.15, -0.1) is 13.2 Å². The van der Waals surface area contributed by atoms with Gasteiger partial charge in [-0.05, 0) is 18.6 Å². The molecule has 1 rings (SSSR count). The van der Waals surface area contributed by atoms with E-state index < -0.39 is 47.7 Å². The van der Waals surface area contributed by atoms with Crippen molar-refractivity contribution in [2.45, 2.75) is 26.1 Å². The van der Waals surface area contributed by atoms with Crippen LogP contribution < -0.4 is 10.3 Å². The summed E-state index contributed by atoms with van der Waals surface area (Å²) < 4.78 is 69.6. The van der Waals surface area contributed by atoms with E-state index in [0.717, 1.165) is 0 Å². The lowest BCUT2D eigenvalue weighted by Crippen LogP contribution is -2.24. The summed E-state index contributed by atoms with van der Waals surface area (Å²) in [6.07, 6.45) is -9.07. The zero-order chi connectivity index (χ0) is 16.2. The molecule has 1 heterocycles. The van der Waals surface area contributed by atoms with Crippen LogP contribution in [0.1, 0.15) is 24.6 Å². The third-order valence-corrected chi connectivity index (χ3v) is 2.21. The fourth-order valence-electron chi connectivity index (χ4n) is 1.47. The standard InChI is InChI=1S/C11H10F5NO4/c1-2-20-7(18)4-5-3-6(21-11(14,15)16)10(19)17-8(5)9(12)13/h3,9H,2,4H2,1H3,(H,17,19). The molecule has 0 saturated heterocycles. The number of carbonyl (C=O) groups excluding carboxylic acids is 1. The number of nitrogens with one attached hydrogen (secondary N) is 1. The monoisotopic (exact) mass is 315 g/mol. The zero-order valence-corrected chi connectivity index (χ0v) is 10.6. The molecule has 0 unspecified atom stereocenters. The Hall–Kier alpha value is -2.13. The molecule has 0 radical (unpaired) electrons. The molecule has 0 aromatic carbocycles. The Labute approximate surface area is 114 Å². The Morgan fingerprint density at radius 2 is 2.00 bits per heavy atom. The Morgan fingerprint density at radius 3 is 2.48 bits per heavy atom. The summed E-state index contributed by atoms with van der Waals surface area (Å²) in [6, 6.07) is 0.449. The van der Waals surface area contributed by atoms with Gasteiger partial charge in [0.05, 0.1) is 18.7 Å². The normalized spacial score (nSPS) is 11.6. The molecule has 0 aliphatic heterocycles. The molecule has 1 N–H and O–H groups in total. The molecule has 1 aromatic rings. The Balaban J connectivity index is 3.21. The fourth-order valence-corrected chi connectivity index (χ4v) is 1.47. The summed E-state index contributed by atoms with van der Waals surface area (Å²) in [7, 11) is 0. The van der Waals surface area contributed by atoms with Crippen LogP contribution in [0.3, 0.4) is 0 Å². The van der Waals surface area contributed by atoms with E-state index in [1.807, 2.05) is 0 Å². The van der Waals surface area contributed by atoms with E-state index in [4.69, 9.17) is 0 Å². The van der Waals surface area contributed by atoms with E-state index in [9.17, 15) is 31.5 Å². The van der Waals surface area contributed by atoms with Crippen molar-refractivity contribution < 1.29 is 36.2 Å². The largest absolute Gasteiger partial charge is 0.573 e. The predicted molar refractivity (Wildman–Crippen MR) is 59.0 cm³/mol. The van der Waals surface area contributed by atoms with Crippen LogP contribution in [0.4, 0.5) is 22.0 Å². The molecular weight excluding hydrogens is 305 g/mol. The molecule has 118 valence electrons. The first-order valence-electron chi connectivity index (χ1n) is 5.59. The van der Waals surface area contributed by atoms with Crippen LogP contribution in [0, 0.1) is 0 Å². The van der Waals surface area contributed by atoms with Gasteiger partial charge in [0.2, 0.25) is 0 Å². The van der Waals surface area contributed by atoms with Crippen molar-refractivity contribution in [1.29, 1.82) is 0 Å². The number of halogens is 5. The molecule has 0 aliphatic carbocycles. The van der Waals surface area contributed by atoms with Gasteiger partial charge in [-0.1, -0.05) is 0 Å². The second-order valence-electron chi connectivity index (χ2n) is 3.73. The highest BCUT2D eigenvalue weighted by Crippen LogP contribution is 2.25. The van der Waals surface area contributed by atoms with Crippen molar-refractivity contribution >= 4 is 5.97 Å². The van der Waals surface area contributed by atoms with E-state index in [1.54, 1.807) is 4.98 Å². The number of hydrogen-bond donors (Lipinski definition) is 1. The number of rotatable bonds is 5. The highest BCUT2D eigenvalue weighted by molar-refractivity contribution is 5.73. The Kier molecular flexibility index (Phi) is 5.28. The molecule has 10 heteroatoms. The first-order valence-corrected chi connectivity index (χ1v) is 5.59. The molecule has 21 heavy (non-hydrogen) atoms. The molecule has 0 bridgehead atoms. The molecule has 0 saturated carbocycles. The number of hydrogen-bond acceptors (Lipinski definition) is 4.